The standard InChI is InChI=1S/C27H30N4O3/c1-33-22-12-9-13-23(34-2)24(22)27(32)31-17-14-21-20(18-31)26(30-15-7-4-8-16-30)29-25(28-21)19-10-5-3-6-11-19/h3,5-6,9-13H,4,7-8,14-18H2,1-2H3. The number of piperidine rings is 1. The molecule has 0 atom stereocenters. The first-order valence-corrected chi connectivity index (χ1v) is 11.9. The van der Waals surface area contributed by atoms with E-state index in [-0.39, 0.29) is 5.91 Å². The average molecular weight is 459 g/mol. The molecule has 7 nitrogen and oxygen atoms in total. The van der Waals surface area contributed by atoms with E-state index < -0.39 is 0 Å². The summed E-state index contributed by atoms with van der Waals surface area (Å²) in [6.45, 7) is 3.01. The number of carbonyl (C=O) groups is 1. The van der Waals surface area contributed by atoms with Gasteiger partial charge in [0.2, 0.25) is 0 Å². The summed E-state index contributed by atoms with van der Waals surface area (Å²) in [5.74, 6) is 2.65. The van der Waals surface area contributed by atoms with Crippen LogP contribution in [0, 0.1) is 0 Å². The highest BCUT2D eigenvalue weighted by molar-refractivity contribution is 6.00. The van der Waals surface area contributed by atoms with E-state index >= 15 is 0 Å². The zero-order valence-electron chi connectivity index (χ0n) is 19.8. The van der Waals surface area contributed by atoms with Gasteiger partial charge in [0.1, 0.15) is 22.9 Å². The van der Waals surface area contributed by atoms with Crippen LogP contribution >= 0.6 is 0 Å². The lowest BCUT2D eigenvalue weighted by Crippen LogP contribution is -2.39. The maximum atomic E-state index is 13.7. The van der Waals surface area contributed by atoms with Crippen molar-refractivity contribution in [2.45, 2.75) is 32.2 Å². The normalized spacial score (nSPS) is 15.6. The molecule has 34 heavy (non-hydrogen) atoms. The third-order valence-corrected chi connectivity index (χ3v) is 6.65. The molecule has 3 aromatic rings. The van der Waals surface area contributed by atoms with Gasteiger partial charge in [-0.25, -0.2) is 9.97 Å². The van der Waals surface area contributed by atoms with Crippen molar-refractivity contribution < 1.29 is 14.3 Å². The predicted molar refractivity (Wildman–Crippen MR) is 132 cm³/mol. The van der Waals surface area contributed by atoms with Crippen LogP contribution in [0.15, 0.2) is 48.5 Å². The fraction of sp³-hybridized carbons (Fsp3) is 0.370. The molecule has 1 fully saturated rings. The third kappa shape index (κ3) is 4.18. The topological polar surface area (TPSA) is 67.8 Å². The highest BCUT2D eigenvalue weighted by atomic mass is 16.5. The molecule has 2 aliphatic heterocycles. The molecule has 1 amide bonds. The molecule has 5 rings (SSSR count). The number of carbonyl (C=O) groups excluding carboxylic acids is 1. The molecule has 0 radical (unpaired) electrons. The Bertz CT molecular complexity index is 1150. The second-order valence-electron chi connectivity index (χ2n) is 8.72. The summed E-state index contributed by atoms with van der Waals surface area (Å²) in [4.78, 5) is 27.9. The largest absolute Gasteiger partial charge is 0.496 e. The van der Waals surface area contributed by atoms with E-state index in [4.69, 9.17) is 19.4 Å². The molecule has 0 N–H and O–H groups in total. The van der Waals surface area contributed by atoms with Gasteiger partial charge in [-0.05, 0) is 31.4 Å². The van der Waals surface area contributed by atoms with Crippen molar-refractivity contribution in [2.24, 2.45) is 0 Å². The molecule has 176 valence electrons. The summed E-state index contributed by atoms with van der Waals surface area (Å²) in [5.41, 5.74) is 3.55. The molecule has 1 saturated heterocycles. The minimum Gasteiger partial charge on any atom is -0.496 e. The number of hydrogen-bond acceptors (Lipinski definition) is 6. The van der Waals surface area contributed by atoms with Crippen LogP contribution in [0.25, 0.3) is 11.4 Å². The molecule has 1 aromatic heterocycles. The predicted octanol–water partition coefficient (Wildman–Crippen LogP) is 4.35. The lowest BCUT2D eigenvalue weighted by Gasteiger charge is -2.35. The first-order chi connectivity index (χ1) is 16.7. The van der Waals surface area contributed by atoms with E-state index in [1.165, 1.54) is 6.42 Å². The van der Waals surface area contributed by atoms with Gasteiger partial charge in [-0.1, -0.05) is 36.4 Å². The SMILES string of the molecule is COc1cccc(OC)c1C(=O)N1CCc2nc(-c3ccccc3)nc(N3CCCCC3)c2C1. The Morgan fingerprint density at radius 3 is 2.24 bits per heavy atom. The van der Waals surface area contributed by atoms with Crippen LogP contribution in [0.3, 0.4) is 0 Å². The van der Waals surface area contributed by atoms with Crippen LogP contribution in [-0.2, 0) is 13.0 Å². The summed E-state index contributed by atoms with van der Waals surface area (Å²) in [6.07, 6.45) is 4.23. The molecule has 2 aromatic carbocycles. The molecule has 0 spiro atoms. The molecule has 7 heteroatoms. The lowest BCUT2D eigenvalue weighted by molar-refractivity contribution is 0.0726. The highest BCUT2D eigenvalue weighted by Crippen LogP contribution is 2.34. The number of methoxy groups -OCH3 is 2. The van der Waals surface area contributed by atoms with Gasteiger partial charge in [-0.15, -0.1) is 0 Å². The molecule has 0 saturated carbocycles. The van der Waals surface area contributed by atoms with Gasteiger partial charge < -0.3 is 19.3 Å². The van der Waals surface area contributed by atoms with E-state index in [2.05, 4.69) is 4.90 Å². The van der Waals surface area contributed by atoms with Gasteiger partial charge in [0, 0.05) is 37.2 Å². The maximum Gasteiger partial charge on any atom is 0.261 e. The highest BCUT2D eigenvalue weighted by Gasteiger charge is 2.31. The van der Waals surface area contributed by atoms with E-state index in [0.717, 1.165) is 54.4 Å². The Kier molecular flexibility index (Phi) is 6.34. The van der Waals surface area contributed by atoms with Crippen molar-refractivity contribution in [1.29, 1.82) is 0 Å². The van der Waals surface area contributed by atoms with Crippen molar-refractivity contribution >= 4 is 11.7 Å². The van der Waals surface area contributed by atoms with Crippen molar-refractivity contribution in [2.75, 3.05) is 38.8 Å². The Labute approximate surface area is 200 Å². The number of anilines is 1. The van der Waals surface area contributed by atoms with Crippen LogP contribution < -0.4 is 14.4 Å². The summed E-state index contributed by atoms with van der Waals surface area (Å²) in [5, 5.41) is 0. The van der Waals surface area contributed by atoms with Gasteiger partial charge in [-0.2, -0.15) is 0 Å². The summed E-state index contributed by atoms with van der Waals surface area (Å²) in [6, 6.07) is 15.5. The number of amides is 1. The second kappa shape index (κ2) is 9.71. The van der Waals surface area contributed by atoms with Crippen molar-refractivity contribution in [3.8, 4) is 22.9 Å². The first kappa shape index (κ1) is 22.2. The lowest BCUT2D eigenvalue weighted by atomic mass is 10.0. The number of fused-ring (bicyclic) bond motifs is 1. The molecular weight excluding hydrogens is 428 g/mol. The maximum absolute atomic E-state index is 13.7. The van der Waals surface area contributed by atoms with Gasteiger partial charge in [0.05, 0.1) is 26.5 Å². The molecule has 3 heterocycles. The molecule has 2 aliphatic rings. The summed E-state index contributed by atoms with van der Waals surface area (Å²) < 4.78 is 11.0. The van der Waals surface area contributed by atoms with Crippen LogP contribution in [0.2, 0.25) is 0 Å². The first-order valence-electron chi connectivity index (χ1n) is 11.9. The van der Waals surface area contributed by atoms with E-state index in [0.29, 0.717) is 36.6 Å². The zero-order valence-corrected chi connectivity index (χ0v) is 19.8. The number of benzene rings is 2. The average Bonchev–Trinajstić information content (AvgIpc) is 2.92. The summed E-state index contributed by atoms with van der Waals surface area (Å²) >= 11 is 0. The monoisotopic (exact) mass is 458 g/mol. The Hall–Kier alpha value is -3.61. The van der Waals surface area contributed by atoms with Gasteiger partial charge in [0.25, 0.3) is 5.91 Å². The number of nitrogens with zero attached hydrogens (tertiary/aromatic N) is 4. The Morgan fingerprint density at radius 2 is 1.56 bits per heavy atom. The number of hydrogen-bond donors (Lipinski definition) is 0. The number of aromatic nitrogens is 2. The fourth-order valence-electron chi connectivity index (χ4n) is 4.87. The zero-order chi connectivity index (χ0) is 23.5. The fourth-order valence-corrected chi connectivity index (χ4v) is 4.87. The second-order valence-corrected chi connectivity index (χ2v) is 8.72. The molecule has 0 bridgehead atoms. The van der Waals surface area contributed by atoms with E-state index in [9.17, 15) is 4.79 Å². The van der Waals surface area contributed by atoms with Crippen LogP contribution in [0.5, 0.6) is 11.5 Å². The van der Waals surface area contributed by atoms with Gasteiger partial charge >= 0.3 is 0 Å². The van der Waals surface area contributed by atoms with Crippen molar-refractivity contribution in [1.82, 2.24) is 14.9 Å². The molecule has 0 unspecified atom stereocenters. The minimum absolute atomic E-state index is 0.100. The third-order valence-electron chi connectivity index (χ3n) is 6.65. The molecular formula is C27H30N4O3. The molecule has 0 aliphatic carbocycles. The van der Waals surface area contributed by atoms with E-state index in [1.807, 2.05) is 41.3 Å². The van der Waals surface area contributed by atoms with Crippen molar-refractivity contribution in [3.63, 3.8) is 0 Å². The Morgan fingerprint density at radius 1 is 0.853 bits per heavy atom. The summed E-state index contributed by atoms with van der Waals surface area (Å²) in [7, 11) is 3.15. The number of ether oxygens (including phenoxy) is 2. The Balaban J connectivity index is 1.53. The van der Waals surface area contributed by atoms with Crippen LogP contribution in [0.4, 0.5) is 5.82 Å². The van der Waals surface area contributed by atoms with Crippen LogP contribution in [-0.4, -0.2) is 54.6 Å². The van der Waals surface area contributed by atoms with Gasteiger partial charge in [0.15, 0.2) is 5.82 Å². The van der Waals surface area contributed by atoms with Crippen LogP contribution in [0.1, 0.15) is 40.9 Å². The van der Waals surface area contributed by atoms with Crippen molar-refractivity contribution in [3.05, 3.63) is 65.4 Å². The quantitative estimate of drug-likeness (QED) is 0.566. The smallest absolute Gasteiger partial charge is 0.261 e. The van der Waals surface area contributed by atoms with Gasteiger partial charge in [-0.3, -0.25) is 4.79 Å². The van der Waals surface area contributed by atoms with E-state index in [1.54, 1.807) is 26.4 Å². The minimum atomic E-state index is -0.100. The number of rotatable bonds is 5.